The predicted octanol–water partition coefficient (Wildman–Crippen LogP) is 2.25. The number of hydrogen-bond donors (Lipinski definition) is 0. The van der Waals surface area contributed by atoms with E-state index in [1.165, 1.54) is 38.2 Å². The number of ether oxygens (including phenoxy) is 2. The maximum Gasteiger partial charge on any atom is 0.308 e. The normalized spacial score (nSPS) is 11.6. The standard InChI is InChI=1S/C12H14O4/c1-5-11(15-9(3)13)7-8-12(6-2)16-10(4)14/h5-8H,1-2H2,3-4H3/b11-7+,12-8+. The molecule has 0 heterocycles. The van der Waals surface area contributed by atoms with Crippen molar-refractivity contribution in [2.45, 2.75) is 13.8 Å². The number of carbonyl (C=O) groups excluding carboxylic acids is 2. The second kappa shape index (κ2) is 7.23. The second-order valence-corrected chi connectivity index (χ2v) is 2.73. The molecule has 0 amide bonds. The van der Waals surface area contributed by atoms with Crippen molar-refractivity contribution in [3.63, 3.8) is 0 Å². The van der Waals surface area contributed by atoms with Crippen LogP contribution in [0.2, 0.25) is 0 Å². The van der Waals surface area contributed by atoms with Crippen molar-refractivity contribution in [3.05, 3.63) is 49.0 Å². The van der Waals surface area contributed by atoms with Gasteiger partial charge in [0.1, 0.15) is 11.5 Å². The van der Waals surface area contributed by atoms with E-state index in [9.17, 15) is 9.59 Å². The molecular formula is C12H14O4. The van der Waals surface area contributed by atoms with E-state index in [1.54, 1.807) is 0 Å². The van der Waals surface area contributed by atoms with E-state index in [0.29, 0.717) is 0 Å². The van der Waals surface area contributed by atoms with E-state index in [0.717, 1.165) is 0 Å². The summed E-state index contributed by atoms with van der Waals surface area (Å²) in [5, 5.41) is 0. The van der Waals surface area contributed by atoms with Crippen molar-refractivity contribution in [3.8, 4) is 0 Å². The molecule has 4 heteroatoms. The molecule has 86 valence electrons. The Bertz CT molecular complexity index is 325. The van der Waals surface area contributed by atoms with Gasteiger partial charge in [-0.1, -0.05) is 13.2 Å². The van der Waals surface area contributed by atoms with Crippen LogP contribution in [0.5, 0.6) is 0 Å². The minimum atomic E-state index is -0.452. The minimum absolute atomic E-state index is 0.263. The molecule has 0 N–H and O–H groups in total. The summed E-state index contributed by atoms with van der Waals surface area (Å²) in [6.07, 6.45) is 5.64. The van der Waals surface area contributed by atoms with Crippen molar-refractivity contribution < 1.29 is 19.1 Å². The molecular weight excluding hydrogens is 208 g/mol. The summed E-state index contributed by atoms with van der Waals surface area (Å²) in [4.78, 5) is 21.3. The lowest BCUT2D eigenvalue weighted by atomic mass is 10.3. The first-order valence-corrected chi connectivity index (χ1v) is 4.53. The van der Waals surface area contributed by atoms with Crippen molar-refractivity contribution >= 4 is 11.9 Å². The molecule has 0 bridgehead atoms. The smallest absolute Gasteiger partial charge is 0.308 e. The third-order valence-corrected chi connectivity index (χ3v) is 1.34. The van der Waals surface area contributed by atoms with Gasteiger partial charge in [0.2, 0.25) is 0 Å². The Morgan fingerprint density at radius 2 is 1.19 bits per heavy atom. The zero-order valence-corrected chi connectivity index (χ0v) is 9.36. The summed E-state index contributed by atoms with van der Waals surface area (Å²) < 4.78 is 9.57. The highest BCUT2D eigenvalue weighted by Crippen LogP contribution is 2.04. The Morgan fingerprint density at radius 1 is 0.875 bits per heavy atom. The average molecular weight is 222 g/mol. The number of rotatable bonds is 5. The van der Waals surface area contributed by atoms with Crippen LogP contribution in [0, 0.1) is 0 Å². The third kappa shape index (κ3) is 6.37. The molecule has 0 aromatic carbocycles. The quantitative estimate of drug-likeness (QED) is 0.406. The first kappa shape index (κ1) is 13.9. The highest BCUT2D eigenvalue weighted by Gasteiger charge is 1.98. The van der Waals surface area contributed by atoms with E-state index < -0.39 is 11.9 Å². The molecule has 0 aliphatic heterocycles. The maximum atomic E-state index is 10.7. The molecule has 0 unspecified atom stereocenters. The fourth-order valence-electron chi connectivity index (χ4n) is 0.784. The van der Waals surface area contributed by atoms with Crippen LogP contribution in [-0.2, 0) is 19.1 Å². The molecule has 0 aliphatic rings. The van der Waals surface area contributed by atoms with Gasteiger partial charge in [0.25, 0.3) is 0 Å². The fourth-order valence-corrected chi connectivity index (χ4v) is 0.784. The van der Waals surface area contributed by atoms with Gasteiger partial charge in [0.15, 0.2) is 0 Å². The van der Waals surface area contributed by atoms with Crippen LogP contribution < -0.4 is 0 Å². The van der Waals surface area contributed by atoms with Gasteiger partial charge in [-0.3, -0.25) is 9.59 Å². The maximum absolute atomic E-state index is 10.7. The van der Waals surface area contributed by atoms with E-state index >= 15 is 0 Å². The van der Waals surface area contributed by atoms with Gasteiger partial charge >= 0.3 is 11.9 Å². The molecule has 0 fully saturated rings. The molecule has 0 rings (SSSR count). The number of esters is 2. The molecule has 0 atom stereocenters. The van der Waals surface area contributed by atoms with Crippen molar-refractivity contribution in [1.29, 1.82) is 0 Å². The summed E-state index contributed by atoms with van der Waals surface area (Å²) in [6.45, 7) is 9.50. The van der Waals surface area contributed by atoms with E-state index in [2.05, 4.69) is 13.2 Å². The molecule has 4 nitrogen and oxygen atoms in total. The first-order valence-electron chi connectivity index (χ1n) is 4.53. The Labute approximate surface area is 94.5 Å². The molecule has 0 saturated carbocycles. The molecule has 16 heavy (non-hydrogen) atoms. The largest absolute Gasteiger partial charge is 0.427 e. The summed E-state index contributed by atoms with van der Waals surface area (Å²) in [5.74, 6) is -0.377. The fraction of sp³-hybridized carbons (Fsp3) is 0.167. The van der Waals surface area contributed by atoms with Crippen LogP contribution >= 0.6 is 0 Å². The van der Waals surface area contributed by atoms with Crippen LogP contribution in [0.1, 0.15) is 13.8 Å². The molecule has 0 radical (unpaired) electrons. The zero-order valence-electron chi connectivity index (χ0n) is 9.36. The summed E-state index contributed by atoms with van der Waals surface area (Å²) >= 11 is 0. The Kier molecular flexibility index (Phi) is 6.28. The molecule has 0 aromatic heterocycles. The lowest BCUT2D eigenvalue weighted by Gasteiger charge is -2.01. The summed E-state index contributed by atoms with van der Waals surface area (Å²) in [5.41, 5.74) is 0. The van der Waals surface area contributed by atoms with Gasteiger partial charge in [-0.05, 0) is 24.3 Å². The minimum Gasteiger partial charge on any atom is -0.427 e. The van der Waals surface area contributed by atoms with Crippen LogP contribution in [0.15, 0.2) is 49.0 Å². The Morgan fingerprint density at radius 3 is 1.38 bits per heavy atom. The first-order chi connectivity index (χ1) is 7.49. The van der Waals surface area contributed by atoms with Gasteiger partial charge in [-0.2, -0.15) is 0 Å². The van der Waals surface area contributed by atoms with Gasteiger partial charge in [-0.15, -0.1) is 0 Å². The number of allylic oxidation sites excluding steroid dienone is 4. The van der Waals surface area contributed by atoms with Crippen LogP contribution in [0.4, 0.5) is 0 Å². The molecule has 0 spiro atoms. The van der Waals surface area contributed by atoms with Crippen molar-refractivity contribution in [2.24, 2.45) is 0 Å². The Balaban J connectivity index is 4.75. The van der Waals surface area contributed by atoms with Crippen molar-refractivity contribution in [1.82, 2.24) is 0 Å². The summed E-state index contributed by atoms with van der Waals surface area (Å²) in [6, 6.07) is 0. The molecule has 0 saturated heterocycles. The Hall–Kier alpha value is -2.10. The van der Waals surface area contributed by atoms with Crippen LogP contribution in [0.25, 0.3) is 0 Å². The molecule has 0 aromatic rings. The number of hydrogen-bond acceptors (Lipinski definition) is 4. The zero-order chi connectivity index (χ0) is 12.6. The highest BCUT2D eigenvalue weighted by atomic mass is 16.5. The second-order valence-electron chi connectivity index (χ2n) is 2.73. The highest BCUT2D eigenvalue weighted by molar-refractivity contribution is 5.68. The average Bonchev–Trinajstić information content (AvgIpc) is 2.20. The lowest BCUT2D eigenvalue weighted by molar-refractivity contribution is -0.137. The third-order valence-electron chi connectivity index (χ3n) is 1.34. The van der Waals surface area contributed by atoms with E-state index in [-0.39, 0.29) is 11.5 Å². The van der Waals surface area contributed by atoms with Gasteiger partial charge in [-0.25, -0.2) is 0 Å². The number of carbonyl (C=O) groups is 2. The summed E-state index contributed by atoms with van der Waals surface area (Å²) in [7, 11) is 0. The van der Waals surface area contributed by atoms with Crippen molar-refractivity contribution in [2.75, 3.05) is 0 Å². The van der Waals surface area contributed by atoms with E-state index in [1.807, 2.05) is 0 Å². The van der Waals surface area contributed by atoms with E-state index in [4.69, 9.17) is 9.47 Å². The van der Waals surface area contributed by atoms with Crippen LogP contribution in [-0.4, -0.2) is 11.9 Å². The van der Waals surface area contributed by atoms with Crippen LogP contribution in [0.3, 0.4) is 0 Å². The lowest BCUT2D eigenvalue weighted by Crippen LogP contribution is -1.98. The SMILES string of the molecule is C=C/C(=C\C=C(/C=C)OC(C)=O)OC(C)=O. The van der Waals surface area contributed by atoms with Gasteiger partial charge in [0, 0.05) is 13.8 Å². The van der Waals surface area contributed by atoms with Gasteiger partial charge < -0.3 is 9.47 Å². The monoisotopic (exact) mass is 222 g/mol. The topological polar surface area (TPSA) is 52.6 Å². The van der Waals surface area contributed by atoms with Gasteiger partial charge in [0.05, 0.1) is 0 Å². The molecule has 0 aliphatic carbocycles. The predicted molar refractivity (Wildman–Crippen MR) is 60.1 cm³/mol.